The molecule has 109 heavy (non-hydrogen) atoms. The lowest BCUT2D eigenvalue weighted by molar-refractivity contribution is -0.413. The Bertz CT molecular complexity index is 5940. The van der Waals surface area contributed by atoms with Crippen molar-refractivity contribution in [1.29, 1.82) is 0 Å². The molecule has 0 atom stereocenters. The Morgan fingerprint density at radius 1 is 0.284 bits per heavy atom. The average Bonchev–Trinajstić information content (AvgIpc) is 1.64. The van der Waals surface area contributed by atoms with E-state index in [1.807, 2.05) is 72.8 Å². The molecule has 4 heterocycles. The molecular formula is C87H56F6N2O12S2. The number of anilines is 6. The van der Waals surface area contributed by atoms with E-state index in [0.29, 0.717) is 0 Å². The van der Waals surface area contributed by atoms with E-state index < -0.39 is 31.3 Å². The fourth-order valence-corrected chi connectivity index (χ4v) is 13.8. The van der Waals surface area contributed by atoms with E-state index >= 15 is 0 Å². The lowest BCUT2D eigenvalue weighted by Crippen LogP contribution is -2.29. The molecule has 0 radical (unpaired) electrons. The largest absolute Gasteiger partial charge is 0.525 e. The third kappa shape index (κ3) is 13.7. The zero-order valence-electron chi connectivity index (χ0n) is 56.9. The Kier molecular flexibility index (Phi) is 18.3. The topological polar surface area (TPSA) is 175 Å². The Morgan fingerprint density at radius 2 is 0.505 bits per heavy atom. The number of para-hydroxylation sites is 8. The molecule has 18 aromatic rings. The van der Waals surface area contributed by atoms with Gasteiger partial charge in [-0.1, -0.05) is 220 Å². The van der Waals surface area contributed by atoms with Crippen LogP contribution >= 0.6 is 0 Å². The van der Waals surface area contributed by atoms with Crippen molar-refractivity contribution in [2.45, 2.75) is 17.9 Å². The molecule has 14 aromatic carbocycles. The van der Waals surface area contributed by atoms with Crippen molar-refractivity contribution in [3.05, 3.63) is 321 Å². The van der Waals surface area contributed by atoms with Crippen LogP contribution in [0.5, 0.6) is 5.75 Å². The minimum absolute atomic E-state index is 0.229. The molecule has 1 N–H and O–H groups in total. The highest BCUT2D eigenvalue weighted by Crippen LogP contribution is 2.45. The number of fused-ring (bicyclic) bond motifs is 12. The average molecular weight is 1500 g/mol. The van der Waals surface area contributed by atoms with E-state index in [9.17, 15) is 48.3 Å². The molecule has 0 spiro atoms. The smallest absolute Gasteiger partial charge is 0.508 e. The summed E-state index contributed by atoms with van der Waals surface area (Å²) in [4.78, 5) is 4.49. The minimum atomic E-state index is -6.44. The van der Waals surface area contributed by atoms with Crippen molar-refractivity contribution in [3.8, 4) is 50.3 Å². The van der Waals surface area contributed by atoms with Gasteiger partial charge in [-0.2, -0.15) is 43.2 Å². The van der Waals surface area contributed by atoms with Crippen LogP contribution in [-0.2, 0) is 33.9 Å². The Morgan fingerprint density at radius 3 is 0.752 bits per heavy atom. The molecular weight excluding hydrogens is 1440 g/mol. The number of nitrogens with zero attached hydrogens (tertiary/aromatic N) is 2. The van der Waals surface area contributed by atoms with Gasteiger partial charge in [0.05, 0.1) is 0 Å². The van der Waals surface area contributed by atoms with Crippen molar-refractivity contribution in [2.24, 2.45) is 0 Å². The number of aromatic hydroxyl groups is 1. The first-order valence-corrected chi connectivity index (χ1v) is 36.6. The van der Waals surface area contributed by atoms with Crippen LogP contribution in [-0.4, -0.2) is 33.0 Å². The molecule has 18 rings (SSSR count). The lowest BCUT2D eigenvalue weighted by atomic mass is 10.0. The first-order chi connectivity index (χ1) is 52.6. The van der Waals surface area contributed by atoms with E-state index in [1.54, 1.807) is 12.1 Å². The van der Waals surface area contributed by atoms with E-state index in [1.165, 1.54) is 5.56 Å². The zero-order chi connectivity index (χ0) is 75.3. The molecule has 14 nitrogen and oxygen atoms in total. The molecule has 0 saturated carbocycles. The summed E-state index contributed by atoms with van der Waals surface area (Å²) in [5, 5.41) is 21.5. The van der Waals surface area contributed by atoms with Gasteiger partial charge in [-0.05, 0) is 143 Å². The van der Waals surface area contributed by atoms with Crippen LogP contribution in [0.1, 0.15) is 5.56 Å². The summed E-state index contributed by atoms with van der Waals surface area (Å²) in [6.07, 6.45) is 0. The van der Waals surface area contributed by atoms with Crippen molar-refractivity contribution in [1.82, 2.24) is 0 Å². The molecule has 0 aliphatic rings. The predicted octanol–water partition coefficient (Wildman–Crippen LogP) is 25.2. The van der Waals surface area contributed by atoms with Gasteiger partial charge in [0.2, 0.25) is 0 Å². The van der Waals surface area contributed by atoms with Crippen LogP contribution in [0.4, 0.5) is 60.5 Å². The highest BCUT2D eigenvalue weighted by molar-refractivity contribution is 7.88. The fourth-order valence-electron chi connectivity index (χ4n) is 13.4. The van der Waals surface area contributed by atoms with Crippen LogP contribution in [0.25, 0.3) is 132 Å². The van der Waals surface area contributed by atoms with Crippen LogP contribution in [0.2, 0.25) is 0 Å². The predicted molar refractivity (Wildman–Crippen MR) is 413 cm³/mol. The molecule has 4 aromatic heterocycles. The van der Waals surface area contributed by atoms with E-state index in [-0.39, 0.29) is 5.75 Å². The van der Waals surface area contributed by atoms with Crippen molar-refractivity contribution in [2.75, 3.05) is 9.80 Å². The van der Waals surface area contributed by atoms with Gasteiger partial charge in [0.1, 0.15) is 50.4 Å². The van der Waals surface area contributed by atoms with Crippen molar-refractivity contribution in [3.63, 3.8) is 0 Å². The summed E-state index contributed by atoms with van der Waals surface area (Å²) >= 11 is 0. The summed E-state index contributed by atoms with van der Waals surface area (Å²) < 4.78 is 139. The number of alkyl halides is 6. The third-order valence-corrected chi connectivity index (χ3v) is 20.2. The number of hydrogen-bond acceptors (Lipinski definition) is 14. The van der Waals surface area contributed by atoms with Crippen molar-refractivity contribution >= 4 is 142 Å². The molecule has 22 heteroatoms. The summed E-state index contributed by atoms with van der Waals surface area (Å²) in [6.45, 7) is 2.12. The summed E-state index contributed by atoms with van der Waals surface area (Å²) in [7, 11) is -12.9. The second-order valence-electron chi connectivity index (χ2n) is 25.3. The maximum Gasteiger partial charge on any atom is 0.525 e. The highest BCUT2D eigenvalue weighted by atomic mass is 32.2. The van der Waals surface area contributed by atoms with Gasteiger partial charge in [-0.3, -0.25) is 0 Å². The zero-order valence-corrected chi connectivity index (χ0v) is 58.6. The second kappa shape index (κ2) is 28.4. The Balaban J connectivity index is 0.000000138. The van der Waals surface area contributed by atoms with Crippen molar-refractivity contribution < 1.29 is 79.7 Å². The quantitative estimate of drug-likeness (QED) is 0.0471. The van der Waals surface area contributed by atoms with Gasteiger partial charge in [-0.15, -0.1) is 0 Å². The van der Waals surface area contributed by atoms with E-state index in [2.05, 4.69) is 261 Å². The fraction of sp³-hybridized carbons (Fsp3) is 0.0345. The second-order valence-corrected chi connectivity index (χ2v) is 28.4. The Labute approximate surface area is 617 Å². The van der Waals surface area contributed by atoms with E-state index in [0.717, 1.165) is 166 Å². The molecule has 0 aliphatic heterocycles. The standard InChI is InChI=1S/C43H29NO2.C42H27NO3.C2F6O7S2/c1-28-16-22-31(23-17-28)44(32-24-18-29(19-25-32)34-10-6-12-38-36-8-2-4-14-40(36)45-42(34)38)33-26-20-30(21-27-33)35-11-7-13-39-37-9-3-5-15-41(37)46-43(35)39;44-32-25-23-31(24-26-32)43(29-19-15-27(16-20-29)33-9-5-11-37-35-7-1-3-13-39(35)45-41(33)37)30-21-17-28(18-22-30)34-10-6-12-38-36-8-2-4-14-40(36)46-42(34)38;3-1(4,5)16(9,10)14-13-15-17(11,12)2(6,7)8/h2-27H,1H3;1-26,44H;. The molecule has 0 aliphatic carbocycles. The first kappa shape index (κ1) is 70.4. The molecule has 0 unspecified atom stereocenters. The highest BCUT2D eigenvalue weighted by Gasteiger charge is 2.52. The normalized spacial score (nSPS) is 12.1. The number of phenolic OH excluding ortho intramolecular Hbond substituents is 1. The monoisotopic (exact) mass is 1500 g/mol. The Hall–Kier alpha value is -13.0. The molecule has 0 bridgehead atoms. The summed E-state index contributed by atoms with van der Waals surface area (Å²) in [6, 6.07) is 109. The first-order valence-electron chi connectivity index (χ1n) is 33.8. The number of rotatable bonds is 14. The SMILES string of the molecule is Cc1ccc(N(c2ccc(-c3cccc4c3oc3ccccc34)cc2)c2ccc(-c3cccc4c3oc3ccccc34)cc2)cc1.O=S(=O)(OOOS(=O)(=O)C(F)(F)F)C(F)(F)F.Oc1ccc(N(c2ccc(-c3cccc4c3oc3ccccc34)cc2)c2ccc(-c3cccc4c3oc3ccccc34)cc2)cc1. The summed E-state index contributed by atoms with van der Waals surface area (Å²) in [5.41, 5.74) is 11.3. The number of phenols is 1. The summed E-state index contributed by atoms with van der Waals surface area (Å²) in [5.74, 6) is 0.229. The third-order valence-electron chi connectivity index (χ3n) is 18.6. The van der Waals surface area contributed by atoms with Gasteiger partial charge in [0.15, 0.2) is 0 Å². The van der Waals surface area contributed by atoms with Gasteiger partial charge >= 0.3 is 31.3 Å². The number of halogens is 6. The maximum absolute atomic E-state index is 11.5. The van der Waals surface area contributed by atoms with Gasteiger partial charge < -0.3 is 32.6 Å². The van der Waals surface area contributed by atoms with Crippen LogP contribution < -0.4 is 9.80 Å². The van der Waals surface area contributed by atoms with Crippen LogP contribution in [0, 0.1) is 6.92 Å². The molecule has 0 amide bonds. The molecule has 0 saturated heterocycles. The number of furan rings is 4. The molecule has 0 fully saturated rings. The molecule has 540 valence electrons. The van der Waals surface area contributed by atoms with Gasteiger partial charge in [0.25, 0.3) is 0 Å². The minimum Gasteiger partial charge on any atom is -0.508 e. The van der Waals surface area contributed by atoms with E-state index in [4.69, 9.17) is 17.7 Å². The van der Waals surface area contributed by atoms with Crippen LogP contribution in [0.15, 0.2) is 333 Å². The van der Waals surface area contributed by atoms with Gasteiger partial charge in [-0.25, -0.2) is 0 Å². The lowest BCUT2D eigenvalue weighted by Gasteiger charge is -2.26. The number of aryl methyl sites for hydroxylation is 1. The van der Waals surface area contributed by atoms with Gasteiger partial charge in [0, 0.05) is 99.5 Å². The maximum atomic E-state index is 11.5. The van der Waals surface area contributed by atoms with Crippen LogP contribution in [0.3, 0.4) is 0 Å². The number of benzene rings is 14. The number of hydrogen-bond donors (Lipinski definition) is 1.